The number of rotatable bonds is 3. The Bertz CT molecular complexity index is 279. The Morgan fingerprint density at radius 2 is 2.17 bits per heavy atom. The molecule has 1 rings (SSSR count). The van der Waals surface area contributed by atoms with E-state index >= 15 is 0 Å². The van der Waals surface area contributed by atoms with Crippen LogP contribution in [0.25, 0.3) is 5.57 Å². The van der Waals surface area contributed by atoms with Crippen LogP contribution in [0.3, 0.4) is 0 Å². The fourth-order valence-corrected chi connectivity index (χ4v) is 1.01. The van der Waals surface area contributed by atoms with E-state index in [4.69, 9.17) is 10.2 Å². The van der Waals surface area contributed by atoms with Gasteiger partial charge < -0.3 is 10.2 Å². The predicted molar refractivity (Wildman–Crippen MR) is 48.8 cm³/mol. The van der Waals surface area contributed by atoms with E-state index < -0.39 is 0 Å². The highest BCUT2D eigenvalue weighted by Crippen LogP contribution is 2.19. The third-order valence-electron chi connectivity index (χ3n) is 1.67. The van der Waals surface area contributed by atoms with Crippen molar-refractivity contribution < 1.29 is 10.2 Å². The molecular formula is C10H12O2. The molecule has 2 N–H and O–H groups in total. The van der Waals surface area contributed by atoms with Crippen molar-refractivity contribution >= 4 is 5.57 Å². The minimum absolute atomic E-state index is 0.0918. The van der Waals surface area contributed by atoms with Crippen LogP contribution in [0.1, 0.15) is 12.0 Å². The lowest BCUT2D eigenvalue weighted by Crippen LogP contribution is -1.86. The van der Waals surface area contributed by atoms with Gasteiger partial charge >= 0.3 is 0 Å². The summed E-state index contributed by atoms with van der Waals surface area (Å²) in [6, 6.07) is 6.86. The van der Waals surface area contributed by atoms with Crippen LogP contribution >= 0.6 is 0 Å². The first-order valence-corrected chi connectivity index (χ1v) is 3.82. The van der Waals surface area contributed by atoms with Crippen molar-refractivity contribution in [2.24, 2.45) is 0 Å². The van der Waals surface area contributed by atoms with Gasteiger partial charge in [-0.3, -0.25) is 0 Å². The van der Waals surface area contributed by atoms with Gasteiger partial charge in [-0.15, -0.1) is 0 Å². The summed E-state index contributed by atoms with van der Waals surface area (Å²) in [5.41, 5.74) is 1.72. The molecule has 0 spiro atoms. The minimum atomic E-state index is 0.0918. The summed E-state index contributed by atoms with van der Waals surface area (Å²) in [6.07, 6.45) is 0.545. The van der Waals surface area contributed by atoms with Crippen LogP contribution in [0.2, 0.25) is 0 Å². The maximum absolute atomic E-state index is 9.13. The smallest absolute Gasteiger partial charge is 0.116 e. The zero-order valence-electron chi connectivity index (χ0n) is 6.83. The zero-order chi connectivity index (χ0) is 8.97. The maximum Gasteiger partial charge on any atom is 0.116 e. The van der Waals surface area contributed by atoms with E-state index in [9.17, 15) is 0 Å². The van der Waals surface area contributed by atoms with Gasteiger partial charge in [-0.2, -0.15) is 0 Å². The summed E-state index contributed by atoms with van der Waals surface area (Å²) >= 11 is 0. The fourth-order valence-electron chi connectivity index (χ4n) is 1.01. The average molecular weight is 164 g/mol. The molecule has 1 aromatic carbocycles. The van der Waals surface area contributed by atoms with E-state index in [1.54, 1.807) is 18.2 Å². The minimum Gasteiger partial charge on any atom is -0.508 e. The molecule has 0 radical (unpaired) electrons. The molecule has 2 nitrogen and oxygen atoms in total. The Morgan fingerprint density at radius 3 is 2.75 bits per heavy atom. The molecule has 0 fully saturated rings. The largest absolute Gasteiger partial charge is 0.508 e. The van der Waals surface area contributed by atoms with Gasteiger partial charge in [0, 0.05) is 6.61 Å². The van der Waals surface area contributed by atoms with Crippen LogP contribution in [-0.2, 0) is 0 Å². The van der Waals surface area contributed by atoms with Crippen molar-refractivity contribution in [2.45, 2.75) is 6.42 Å². The van der Waals surface area contributed by atoms with Crippen LogP contribution in [0.4, 0.5) is 0 Å². The van der Waals surface area contributed by atoms with Crippen molar-refractivity contribution in [1.82, 2.24) is 0 Å². The molecule has 0 saturated heterocycles. The van der Waals surface area contributed by atoms with Crippen molar-refractivity contribution in [1.29, 1.82) is 0 Å². The molecule has 0 atom stereocenters. The van der Waals surface area contributed by atoms with Crippen molar-refractivity contribution in [3.05, 3.63) is 36.4 Å². The first kappa shape index (κ1) is 8.81. The number of hydrogen-bond donors (Lipinski definition) is 2. The van der Waals surface area contributed by atoms with E-state index in [-0.39, 0.29) is 12.4 Å². The summed E-state index contributed by atoms with van der Waals surface area (Å²) < 4.78 is 0. The highest BCUT2D eigenvalue weighted by atomic mass is 16.3. The number of aliphatic hydroxyl groups is 1. The molecule has 0 heterocycles. The van der Waals surface area contributed by atoms with E-state index in [0.717, 1.165) is 11.1 Å². The van der Waals surface area contributed by atoms with Gasteiger partial charge in [0.2, 0.25) is 0 Å². The van der Waals surface area contributed by atoms with Crippen LogP contribution in [0.5, 0.6) is 5.75 Å². The molecule has 0 aliphatic rings. The van der Waals surface area contributed by atoms with Crippen LogP contribution in [0.15, 0.2) is 30.8 Å². The fraction of sp³-hybridized carbons (Fsp3) is 0.200. The molecule has 1 aromatic rings. The molecule has 0 aliphatic heterocycles. The highest BCUT2D eigenvalue weighted by molar-refractivity contribution is 5.64. The second-order valence-electron chi connectivity index (χ2n) is 2.63. The second kappa shape index (κ2) is 3.93. The third kappa shape index (κ3) is 2.10. The van der Waals surface area contributed by atoms with Gasteiger partial charge in [0.25, 0.3) is 0 Å². The molecule has 64 valence electrons. The maximum atomic E-state index is 9.13. The quantitative estimate of drug-likeness (QED) is 0.715. The summed E-state index contributed by atoms with van der Waals surface area (Å²) in [4.78, 5) is 0. The molecule has 2 heteroatoms. The van der Waals surface area contributed by atoms with Gasteiger partial charge in [0.15, 0.2) is 0 Å². The van der Waals surface area contributed by atoms with E-state index in [1.807, 2.05) is 6.07 Å². The summed E-state index contributed by atoms with van der Waals surface area (Å²) in [7, 11) is 0. The topological polar surface area (TPSA) is 40.5 Å². The first-order valence-electron chi connectivity index (χ1n) is 3.82. The monoisotopic (exact) mass is 164 g/mol. The Morgan fingerprint density at radius 1 is 1.42 bits per heavy atom. The Kier molecular flexibility index (Phi) is 2.88. The standard InChI is InChI=1S/C10H12O2/c1-8(5-6-11)9-3-2-4-10(12)7-9/h2-4,7,11-12H,1,5-6H2. The molecule has 12 heavy (non-hydrogen) atoms. The number of hydrogen-bond acceptors (Lipinski definition) is 2. The lowest BCUT2D eigenvalue weighted by atomic mass is 10.1. The van der Waals surface area contributed by atoms with E-state index in [1.165, 1.54) is 0 Å². The Labute approximate surface area is 71.8 Å². The summed E-state index contributed by atoms with van der Waals surface area (Å²) in [5, 5.41) is 17.8. The van der Waals surface area contributed by atoms with E-state index in [0.29, 0.717) is 6.42 Å². The molecule has 0 bridgehead atoms. The predicted octanol–water partition coefficient (Wildman–Crippen LogP) is 1.79. The van der Waals surface area contributed by atoms with Gasteiger partial charge in [0.1, 0.15) is 5.75 Å². The summed E-state index contributed by atoms with van der Waals surface area (Å²) in [5.74, 6) is 0.228. The molecular weight excluding hydrogens is 152 g/mol. The molecule has 0 aliphatic carbocycles. The zero-order valence-corrected chi connectivity index (χ0v) is 6.83. The Hall–Kier alpha value is -1.28. The number of phenolic OH excluding ortho intramolecular Hbond substituents is 1. The van der Waals surface area contributed by atoms with Crippen LogP contribution in [0, 0.1) is 0 Å². The lowest BCUT2D eigenvalue weighted by molar-refractivity contribution is 0.305. The number of phenols is 1. The van der Waals surface area contributed by atoms with Gasteiger partial charge in [-0.25, -0.2) is 0 Å². The Balaban J connectivity index is 2.81. The summed E-state index contributed by atoms with van der Waals surface area (Å²) in [6.45, 7) is 3.88. The van der Waals surface area contributed by atoms with Gasteiger partial charge in [0.05, 0.1) is 0 Å². The highest BCUT2D eigenvalue weighted by Gasteiger charge is 1.98. The first-order chi connectivity index (χ1) is 5.74. The van der Waals surface area contributed by atoms with Crippen LogP contribution < -0.4 is 0 Å². The van der Waals surface area contributed by atoms with E-state index in [2.05, 4.69) is 6.58 Å². The SMILES string of the molecule is C=C(CCO)c1cccc(O)c1. The number of aromatic hydroxyl groups is 1. The van der Waals surface area contributed by atoms with Gasteiger partial charge in [-0.1, -0.05) is 18.7 Å². The number of benzene rings is 1. The third-order valence-corrected chi connectivity index (χ3v) is 1.67. The molecule has 0 aromatic heterocycles. The van der Waals surface area contributed by atoms with Crippen LogP contribution in [-0.4, -0.2) is 16.8 Å². The second-order valence-corrected chi connectivity index (χ2v) is 2.63. The molecule has 0 saturated carbocycles. The lowest BCUT2D eigenvalue weighted by Gasteiger charge is -2.03. The molecule has 0 unspecified atom stereocenters. The van der Waals surface area contributed by atoms with Crippen molar-refractivity contribution in [3.63, 3.8) is 0 Å². The van der Waals surface area contributed by atoms with Crippen molar-refractivity contribution in [3.8, 4) is 5.75 Å². The number of aliphatic hydroxyl groups excluding tert-OH is 1. The average Bonchev–Trinajstić information content (AvgIpc) is 2.05. The van der Waals surface area contributed by atoms with Gasteiger partial charge in [-0.05, 0) is 29.7 Å². The van der Waals surface area contributed by atoms with Crippen molar-refractivity contribution in [2.75, 3.05) is 6.61 Å². The normalized spacial score (nSPS) is 9.75. The molecule has 0 amide bonds.